The first-order chi connectivity index (χ1) is 2.77. The maximum Gasteiger partial charge on any atom is 0.213 e. The maximum atomic E-state index is 3.21. The monoisotopic (exact) mass is 85.1 g/mol. The lowest BCUT2D eigenvalue weighted by molar-refractivity contribution is 0.990. The highest BCUT2D eigenvalue weighted by molar-refractivity contribution is 6.52. The first-order valence-corrected chi connectivity index (χ1v) is 2.50. The molecule has 0 spiro atoms. The molecule has 0 aromatic rings. The van der Waals surface area contributed by atoms with Crippen molar-refractivity contribution in [3.8, 4) is 0 Å². The van der Waals surface area contributed by atoms with Gasteiger partial charge >= 0.3 is 0 Å². The molecule has 0 aromatic heterocycles. The smallest absolute Gasteiger partial charge is 0.213 e. The van der Waals surface area contributed by atoms with Gasteiger partial charge in [0.05, 0.1) is 0 Å². The Labute approximate surface area is 40.2 Å². The zero-order valence-electron chi connectivity index (χ0n) is 4.78. The van der Waals surface area contributed by atoms with E-state index in [2.05, 4.69) is 25.8 Å². The number of hydrogen-bond acceptors (Lipinski definition) is 1. The van der Waals surface area contributed by atoms with Crippen LogP contribution in [0.3, 0.4) is 0 Å². The summed E-state index contributed by atoms with van der Waals surface area (Å²) in [5, 5.41) is 3.21. The van der Waals surface area contributed by atoms with Crippen LogP contribution in [-0.4, -0.2) is 13.4 Å². The predicted octanol–water partition coefficient (Wildman–Crippen LogP) is 0.847. The lowest BCUT2D eigenvalue weighted by atomic mass is 9.69. The number of rotatable bonds is 2. The summed E-state index contributed by atoms with van der Waals surface area (Å²) in [6.07, 6.45) is 0. The summed E-state index contributed by atoms with van der Waals surface area (Å²) in [4.78, 5) is 0. The summed E-state index contributed by atoms with van der Waals surface area (Å²) in [6, 6.07) is 0. The molecule has 2 heteroatoms. The van der Waals surface area contributed by atoms with Gasteiger partial charge < -0.3 is 5.23 Å². The average Bonchev–Trinajstić information content (AvgIpc) is 1.35. The van der Waals surface area contributed by atoms with E-state index in [-0.39, 0.29) is 0 Å². The Morgan fingerprint density at radius 2 is 2.00 bits per heavy atom. The first-order valence-electron chi connectivity index (χ1n) is 2.50. The number of hydrogen-bond donors (Lipinski definition) is 1. The molecule has 36 valence electrons. The predicted molar refractivity (Wildman–Crippen MR) is 31.2 cm³/mol. The largest absolute Gasteiger partial charge is 0.356 e. The van der Waals surface area contributed by atoms with Gasteiger partial charge in [-0.05, 0) is 6.54 Å². The Kier molecular flexibility index (Phi) is 3.24. The Balaban J connectivity index is 2.63. The molecule has 1 N–H and O–H groups in total. The molecular formula is C4H12BN. The van der Waals surface area contributed by atoms with Crippen molar-refractivity contribution in [2.24, 2.45) is 0 Å². The summed E-state index contributed by atoms with van der Waals surface area (Å²) in [6.45, 7) is 8.12. The van der Waals surface area contributed by atoms with Crippen LogP contribution in [0, 0.1) is 0 Å². The van der Waals surface area contributed by atoms with Crippen molar-refractivity contribution >= 4 is 6.85 Å². The molecule has 0 fully saturated rings. The van der Waals surface area contributed by atoms with Gasteiger partial charge in [-0.1, -0.05) is 20.6 Å². The molecule has 0 aliphatic carbocycles. The highest BCUT2D eigenvalue weighted by Crippen LogP contribution is 1.66. The SMILES string of the molecule is CCNB(C)C. The molecule has 0 aromatic carbocycles. The highest BCUT2D eigenvalue weighted by Gasteiger charge is 1.89. The van der Waals surface area contributed by atoms with Gasteiger partial charge in [0.25, 0.3) is 0 Å². The van der Waals surface area contributed by atoms with Crippen LogP contribution in [0.25, 0.3) is 0 Å². The molecule has 0 aliphatic rings. The summed E-state index contributed by atoms with van der Waals surface area (Å²) in [5.41, 5.74) is 0. The van der Waals surface area contributed by atoms with Crippen molar-refractivity contribution in [3.05, 3.63) is 0 Å². The minimum atomic E-state index is 0.648. The zero-order chi connectivity index (χ0) is 4.99. The molecular weight excluding hydrogens is 72.9 g/mol. The average molecular weight is 85.0 g/mol. The maximum absolute atomic E-state index is 3.21. The molecule has 0 amide bonds. The molecule has 0 rings (SSSR count). The van der Waals surface area contributed by atoms with Crippen LogP contribution in [0.5, 0.6) is 0 Å². The molecule has 0 saturated carbocycles. The molecule has 6 heavy (non-hydrogen) atoms. The summed E-state index contributed by atoms with van der Waals surface area (Å²) in [7, 11) is 0. The Morgan fingerprint density at radius 1 is 1.50 bits per heavy atom. The second-order valence-electron chi connectivity index (χ2n) is 1.71. The van der Waals surface area contributed by atoms with Crippen LogP contribution < -0.4 is 5.23 Å². The van der Waals surface area contributed by atoms with Crippen LogP contribution in [0.15, 0.2) is 0 Å². The van der Waals surface area contributed by atoms with Crippen LogP contribution in [-0.2, 0) is 0 Å². The second kappa shape index (κ2) is 3.22. The minimum Gasteiger partial charge on any atom is -0.356 e. The van der Waals surface area contributed by atoms with Crippen LogP contribution in [0.4, 0.5) is 0 Å². The highest BCUT2D eigenvalue weighted by atomic mass is 14.7. The quantitative estimate of drug-likeness (QED) is 0.490. The van der Waals surface area contributed by atoms with E-state index in [1.165, 1.54) is 0 Å². The fourth-order valence-electron chi connectivity index (χ4n) is 0.408. The molecule has 1 nitrogen and oxygen atoms in total. The first kappa shape index (κ1) is 6.02. The van der Waals surface area contributed by atoms with E-state index >= 15 is 0 Å². The zero-order valence-corrected chi connectivity index (χ0v) is 4.78. The molecule has 0 bridgehead atoms. The van der Waals surface area contributed by atoms with Gasteiger partial charge in [0.1, 0.15) is 0 Å². The second-order valence-corrected chi connectivity index (χ2v) is 1.71. The lowest BCUT2D eigenvalue weighted by Crippen LogP contribution is -2.26. The molecule has 0 radical (unpaired) electrons. The van der Waals surface area contributed by atoms with E-state index in [0.29, 0.717) is 6.85 Å². The van der Waals surface area contributed by atoms with Crippen LogP contribution in [0.1, 0.15) is 6.92 Å². The van der Waals surface area contributed by atoms with Crippen molar-refractivity contribution in [3.63, 3.8) is 0 Å². The lowest BCUT2D eigenvalue weighted by Gasteiger charge is -1.96. The van der Waals surface area contributed by atoms with E-state index in [0.717, 1.165) is 6.54 Å². The van der Waals surface area contributed by atoms with E-state index in [1.807, 2.05) is 0 Å². The van der Waals surface area contributed by atoms with Gasteiger partial charge in [-0.25, -0.2) is 0 Å². The molecule has 0 unspecified atom stereocenters. The third-order valence-corrected chi connectivity index (χ3v) is 0.612. The molecule has 0 saturated heterocycles. The number of nitrogens with one attached hydrogen (secondary N) is 1. The molecule has 0 aliphatic heterocycles. The Morgan fingerprint density at radius 3 is 2.00 bits per heavy atom. The Hall–Kier alpha value is 0.0249. The summed E-state index contributed by atoms with van der Waals surface area (Å²) in [5.74, 6) is 0. The fourth-order valence-corrected chi connectivity index (χ4v) is 0.408. The topological polar surface area (TPSA) is 12.0 Å². The van der Waals surface area contributed by atoms with Gasteiger partial charge in [-0.3, -0.25) is 0 Å². The Bertz CT molecular complexity index is 28.7. The molecule has 0 atom stereocenters. The van der Waals surface area contributed by atoms with Crippen molar-refractivity contribution in [1.82, 2.24) is 5.23 Å². The van der Waals surface area contributed by atoms with Gasteiger partial charge in [-0.2, -0.15) is 0 Å². The summed E-state index contributed by atoms with van der Waals surface area (Å²) >= 11 is 0. The van der Waals surface area contributed by atoms with Gasteiger partial charge in [0, 0.05) is 0 Å². The third kappa shape index (κ3) is 4.02. The van der Waals surface area contributed by atoms with Crippen molar-refractivity contribution in [2.45, 2.75) is 20.6 Å². The van der Waals surface area contributed by atoms with E-state index in [1.54, 1.807) is 0 Å². The minimum absolute atomic E-state index is 0.648. The third-order valence-electron chi connectivity index (χ3n) is 0.612. The van der Waals surface area contributed by atoms with Crippen LogP contribution in [0.2, 0.25) is 13.6 Å². The van der Waals surface area contributed by atoms with E-state index in [4.69, 9.17) is 0 Å². The van der Waals surface area contributed by atoms with Crippen molar-refractivity contribution in [1.29, 1.82) is 0 Å². The van der Waals surface area contributed by atoms with Crippen molar-refractivity contribution in [2.75, 3.05) is 6.54 Å². The van der Waals surface area contributed by atoms with Crippen molar-refractivity contribution < 1.29 is 0 Å². The normalized spacial score (nSPS) is 8.50. The van der Waals surface area contributed by atoms with Crippen LogP contribution >= 0.6 is 0 Å². The van der Waals surface area contributed by atoms with E-state index in [9.17, 15) is 0 Å². The summed E-state index contributed by atoms with van der Waals surface area (Å²) < 4.78 is 0. The molecule has 0 heterocycles. The van der Waals surface area contributed by atoms with Gasteiger partial charge in [0.2, 0.25) is 6.85 Å². The van der Waals surface area contributed by atoms with E-state index < -0.39 is 0 Å². The van der Waals surface area contributed by atoms with Gasteiger partial charge in [-0.15, -0.1) is 0 Å². The van der Waals surface area contributed by atoms with Gasteiger partial charge in [0.15, 0.2) is 0 Å². The standard InChI is InChI=1S/C4H12BN/c1-4-6-5(2)3/h6H,4H2,1-3H3. The fraction of sp³-hybridized carbons (Fsp3) is 1.00.